The number of aliphatic hydroxyl groups excluding tert-OH is 1. The predicted octanol–water partition coefficient (Wildman–Crippen LogP) is -0.511. The van der Waals surface area contributed by atoms with Gasteiger partial charge in [0, 0.05) is 36.9 Å². The third kappa shape index (κ3) is 2.40. The number of nitrogens with zero attached hydrogens (tertiary/aromatic N) is 4. The summed E-state index contributed by atoms with van der Waals surface area (Å²) in [7, 11) is 0. The molecule has 2 saturated heterocycles. The lowest BCUT2D eigenvalue weighted by molar-refractivity contribution is -0.168. The van der Waals surface area contributed by atoms with Crippen molar-refractivity contribution in [3.8, 4) is 0 Å². The summed E-state index contributed by atoms with van der Waals surface area (Å²) in [6.07, 6.45) is 7.18. The Hall–Kier alpha value is -1.87. The first-order valence-electron chi connectivity index (χ1n) is 7.24. The van der Waals surface area contributed by atoms with Gasteiger partial charge in [-0.25, -0.2) is 9.97 Å². The van der Waals surface area contributed by atoms with Gasteiger partial charge in [-0.3, -0.25) is 4.68 Å². The average Bonchev–Trinajstić information content (AvgIpc) is 3.20. The van der Waals surface area contributed by atoms with Crippen LogP contribution in [-0.2, 0) is 16.0 Å². The summed E-state index contributed by atoms with van der Waals surface area (Å²) in [5.41, 5.74) is 0.950. The molecule has 0 aromatic carbocycles. The Balaban J connectivity index is 1.51. The van der Waals surface area contributed by atoms with Crippen LogP contribution in [0.2, 0.25) is 0 Å². The van der Waals surface area contributed by atoms with E-state index < -0.39 is 12.4 Å². The highest BCUT2D eigenvalue weighted by Gasteiger charge is 2.50. The number of aliphatic hydroxyl groups is 1. The van der Waals surface area contributed by atoms with E-state index in [1.54, 1.807) is 29.5 Å². The van der Waals surface area contributed by atoms with E-state index in [0.29, 0.717) is 13.2 Å². The molecule has 4 heterocycles. The number of ether oxygens (including phenoxy) is 2. The summed E-state index contributed by atoms with van der Waals surface area (Å²) in [6, 6.07) is 1.21. The fourth-order valence-electron chi connectivity index (χ4n) is 3.05. The minimum absolute atomic E-state index is 0.170. The van der Waals surface area contributed by atoms with Crippen LogP contribution in [0.15, 0.2) is 37.2 Å². The molecule has 0 unspecified atom stereocenters. The van der Waals surface area contributed by atoms with Gasteiger partial charge in [0.05, 0.1) is 18.8 Å². The molecular weight excluding hydrogens is 286 g/mol. The Morgan fingerprint density at radius 3 is 3.00 bits per heavy atom. The Kier molecular flexibility index (Phi) is 3.59. The van der Waals surface area contributed by atoms with Gasteiger partial charge in [0.2, 0.25) is 0 Å². The van der Waals surface area contributed by atoms with Crippen LogP contribution < -0.4 is 5.32 Å². The van der Waals surface area contributed by atoms with Crippen molar-refractivity contribution in [3.63, 3.8) is 0 Å². The van der Waals surface area contributed by atoms with E-state index in [1.807, 2.05) is 6.07 Å². The van der Waals surface area contributed by atoms with Crippen LogP contribution in [0, 0.1) is 0 Å². The summed E-state index contributed by atoms with van der Waals surface area (Å²) in [5, 5.41) is 18.3. The van der Waals surface area contributed by atoms with Gasteiger partial charge < -0.3 is 19.9 Å². The van der Waals surface area contributed by atoms with E-state index in [9.17, 15) is 5.11 Å². The fraction of sp³-hybridized carbons (Fsp3) is 0.500. The molecule has 2 aliphatic rings. The topological polar surface area (TPSA) is 94.3 Å². The first-order chi connectivity index (χ1) is 10.8. The van der Waals surface area contributed by atoms with Gasteiger partial charge in [-0.05, 0) is 6.07 Å². The van der Waals surface area contributed by atoms with Gasteiger partial charge in [0.25, 0.3) is 0 Å². The molecule has 2 bridgehead atoms. The molecule has 2 aliphatic heterocycles. The van der Waals surface area contributed by atoms with Crippen LogP contribution >= 0.6 is 0 Å². The van der Waals surface area contributed by atoms with Crippen molar-refractivity contribution in [2.45, 2.75) is 37.1 Å². The third-order valence-electron chi connectivity index (χ3n) is 4.12. The third-order valence-corrected chi connectivity index (χ3v) is 4.12. The second-order valence-electron chi connectivity index (χ2n) is 5.50. The van der Waals surface area contributed by atoms with E-state index >= 15 is 0 Å². The van der Waals surface area contributed by atoms with Crippen molar-refractivity contribution in [1.82, 2.24) is 25.1 Å². The normalized spacial score (nSPS) is 34.0. The summed E-state index contributed by atoms with van der Waals surface area (Å²) in [5.74, 6) is 0. The molecule has 2 N–H and O–H groups in total. The van der Waals surface area contributed by atoms with Crippen LogP contribution in [0.3, 0.4) is 0 Å². The van der Waals surface area contributed by atoms with Crippen LogP contribution in [0.4, 0.5) is 0 Å². The van der Waals surface area contributed by atoms with E-state index in [-0.39, 0.29) is 18.2 Å². The molecule has 0 aliphatic carbocycles. The highest BCUT2D eigenvalue weighted by molar-refractivity contribution is 5.05. The lowest BCUT2D eigenvalue weighted by Gasteiger charge is -2.38. The molecule has 0 amide bonds. The standard InChI is InChI=1S/C14H17N5O3/c20-13-11(17-6-9-4-15-8-16-5-9)10-7-21-14(22-10)12(13)19-3-1-2-18-19/h1-5,8,10-14,17,20H,6-7H2/t10-,11-,12-,13+,14-/m1/s1. The van der Waals surface area contributed by atoms with Gasteiger partial charge in [-0.2, -0.15) is 5.10 Å². The van der Waals surface area contributed by atoms with E-state index in [0.717, 1.165) is 5.56 Å². The first-order valence-corrected chi connectivity index (χ1v) is 7.24. The number of aromatic nitrogens is 4. The lowest BCUT2D eigenvalue weighted by atomic mass is 9.96. The predicted molar refractivity (Wildman–Crippen MR) is 74.5 cm³/mol. The number of rotatable bonds is 4. The zero-order valence-electron chi connectivity index (χ0n) is 11.8. The molecule has 0 spiro atoms. The summed E-state index contributed by atoms with van der Waals surface area (Å²) in [4.78, 5) is 7.97. The summed E-state index contributed by atoms with van der Waals surface area (Å²) >= 11 is 0. The molecule has 5 atom stereocenters. The quantitative estimate of drug-likeness (QED) is 0.785. The molecule has 4 rings (SSSR count). The van der Waals surface area contributed by atoms with E-state index in [4.69, 9.17) is 9.47 Å². The van der Waals surface area contributed by atoms with Crippen molar-refractivity contribution in [1.29, 1.82) is 0 Å². The largest absolute Gasteiger partial charge is 0.389 e. The zero-order valence-corrected chi connectivity index (χ0v) is 11.8. The Morgan fingerprint density at radius 2 is 2.23 bits per heavy atom. The van der Waals surface area contributed by atoms with Crippen LogP contribution in [0.5, 0.6) is 0 Å². The second kappa shape index (κ2) is 5.73. The van der Waals surface area contributed by atoms with Crippen molar-refractivity contribution >= 4 is 0 Å². The van der Waals surface area contributed by atoms with Gasteiger partial charge in [0.15, 0.2) is 6.29 Å². The van der Waals surface area contributed by atoms with Crippen LogP contribution in [0.25, 0.3) is 0 Å². The van der Waals surface area contributed by atoms with E-state index in [2.05, 4.69) is 20.4 Å². The van der Waals surface area contributed by atoms with Crippen molar-refractivity contribution in [3.05, 3.63) is 42.7 Å². The van der Waals surface area contributed by atoms with Gasteiger partial charge in [-0.1, -0.05) is 0 Å². The molecule has 22 heavy (non-hydrogen) atoms. The zero-order chi connectivity index (χ0) is 14.9. The SMILES string of the molecule is O[C@H]1[C@H](NCc2cncnc2)[C@H]2CO[C@H](O2)[C@@H]1n1cccn1. The average molecular weight is 303 g/mol. The minimum atomic E-state index is -0.657. The Labute approximate surface area is 127 Å². The monoisotopic (exact) mass is 303 g/mol. The molecule has 0 radical (unpaired) electrons. The maximum atomic E-state index is 10.7. The van der Waals surface area contributed by atoms with Crippen LogP contribution in [-0.4, -0.2) is 56.0 Å². The highest BCUT2D eigenvalue weighted by atomic mass is 16.7. The fourth-order valence-corrected chi connectivity index (χ4v) is 3.05. The molecular formula is C14H17N5O3. The first kappa shape index (κ1) is 13.8. The maximum absolute atomic E-state index is 10.7. The number of hydrogen-bond donors (Lipinski definition) is 2. The maximum Gasteiger partial charge on any atom is 0.183 e. The lowest BCUT2D eigenvalue weighted by Crippen LogP contribution is -2.57. The number of fused-ring (bicyclic) bond motifs is 2. The van der Waals surface area contributed by atoms with Gasteiger partial charge >= 0.3 is 0 Å². The van der Waals surface area contributed by atoms with Crippen molar-refractivity contribution in [2.24, 2.45) is 0 Å². The Morgan fingerprint density at radius 1 is 1.36 bits per heavy atom. The molecule has 2 aromatic heterocycles. The molecule has 2 fully saturated rings. The molecule has 116 valence electrons. The number of hydrogen-bond acceptors (Lipinski definition) is 7. The smallest absolute Gasteiger partial charge is 0.183 e. The van der Waals surface area contributed by atoms with Crippen LogP contribution in [0.1, 0.15) is 11.6 Å². The number of nitrogens with one attached hydrogen (secondary N) is 1. The minimum Gasteiger partial charge on any atom is -0.389 e. The molecule has 8 nitrogen and oxygen atoms in total. The van der Waals surface area contributed by atoms with Gasteiger partial charge in [-0.15, -0.1) is 0 Å². The second-order valence-corrected chi connectivity index (χ2v) is 5.50. The molecule has 2 aromatic rings. The summed E-state index contributed by atoms with van der Waals surface area (Å²) in [6.45, 7) is 1.02. The molecule has 0 saturated carbocycles. The van der Waals surface area contributed by atoms with Gasteiger partial charge in [0.1, 0.15) is 18.5 Å². The Bertz CT molecular complexity index is 608. The highest BCUT2D eigenvalue weighted by Crippen LogP contribution is 2.35. The van der Waals surface area contributed by atoms with Crippen molar-refractivity contribution in [2.75, 3.05) is 6.61 Å². The summed E-state index contributed by atoms with van der Waals surface area (Å²) < 4.78 is 13.2. The molecule has 8 heteroatoms. The van der Waals surface area contributed by atoms with Crippen molar-refractivity contribution < 1.29 is 14.6 Å². The van der Waals surface area contributed by atoms with E-state index in [1.165, 1.54) is 6.33 Å².